The number of rotatable bonds is 6. The van der Waals surface area contributed by atoms with Crippen LogP contribution in [0.1, 0.15) is 32.3 Å². The molecule has 2 heteroatoms. The van der Waals surface area contributed by atoms with E-state index in [1.165, 1.54) is 5.56 Å². The molecule has 2 nitrogen and oxygen atoms in total. The Morgan fingerprint density at radius 3 is 2.40 bits per heavy atom. The van der Waals surface area contributed by atoms with E-state index in [0.29, 0.717) is 6.61 Å². The smallest absolute Gasteiger partial charge is 0.119 e. The van der Waals surface area contributed by atoms with E-state index < -0.39 is 0 Å². The maximum Gasteiger partial charge on any atom is 0.119 e. The van der Waals surface area contributed by atoms with Crippen LogP contribution < -0.4 is 4.74 Å². The van der Waals surface area contributed by atoms with Gasteiger partial charge in [0.05, 0.1) is 12.7 Å². The SMILES string of the molecule is CCOc1ccc(CCC(O)CC)cc1. The van der Waals surface area contributed by atoms with Crippen molar-refractivity contribution < 1.29 is 9.84 Å². The highest BCUT2D eigenvalue weighted by Gasteiger charge is 2.01. The average molecular weight is 208 g/mol. The van der Waals surface area contributed by atoms with E-state index in [2.05, 4.69) is 12.1 Å². The van der Waals surface area contributed by atoms with Crippen LogP contribution in [0, 0.1) is 0 Å². The Morgan fingerprint density at radius 1 is 1.20 bits per heavy atom. The minimum atomic E-state index is -0.170. The van der Waals surface area contributed by atoms with Gasteiger partial charge in [-0.15, -0.1) is 0 Å². The quantitative estimate of drug-likeness (QED) is 0.779. The van der Waals surface area contributed by atoms with Crippen molar-refractivity contribution in [3.63, 3.8) is 0 Å². The number of aliphatic hydroxyl groups excluding tert-OH is 1. The van der Waals surface area contributed by atoms with Crippen molar-refractivity contribution >= 4 is 0 Å². The van der Waals surface area contributed by atoms with Gasteiger partial charge < -0.3 is 9.84 Å². The first-order valence-corrected chi connectivity index (χ1v) is 5.66. The van der Waals surface area contributed by atoms with Crippen LogP contribution in [0.15, 0.2) is 24.3 Å². The second-order valence-corrected chi connectivity index (χ2v) is 3.68. The van der Waals surface area contributed by atoms with Gasteiger partial charge in [-0.05, 0) is 43.9 Å². The van der Waals surface area contributed by atoms with Crippen LogP contribution in [0.4, 0.5) is 0 Å². The van der Waals surface area contributed by atoms with Gasteiger partial charge in [0.2, 0.25) is 0 Å². The minimum Gasteiger partial charge on any atom is -0.494 e. The number of ether oxygens (including phenoxy) is 1. The molecule has 0 bridgehead atoms. The third-order valence-electron chi connectivity index (χ3n) is 2.47. The van der Waals surface area contributed by atoms with Crippen molar-refractivity contribution in [1.82, 2.24) is 0 Å². The summed E-state index contributed by atoms with van der Waals surface area (Å²) in [5.74, 6) is 0.914. The molecule has 0 fully saturated rings. The summed E-state index contributed by atoms with van der Waals surface area (Å²) in [6.07, 6.45) is 2.43. The van der Waals surface area contributed by atoms with Gasteiger partial charge in [0.15, 0.2) is 0 Å². The molecule has 0 saturated heterocycles. The maximum atomic E-state index is 9.43. The fraction of sp³-hybridized carbons (Fsp3) is 0.538. The van der Waals surface area contributed by atoms with Gasteiger partial charge in [-0.25, -0.2) is 0 Å². The molecule has 15 heavy (non-hydrogen) atoms. The van der Waals surface area contributed by atoms with E-state index in [0.717, 1.165) is 25.0 Å². The van der Waals surface area contributed by atoms with Gasteiger partial charge in [-0.3, -0.25) is 0 Å². The van der Waals surface area contributed by atoms with E-state index >= 15 is 0 Å². The Labute approximate surface area is 91.9 Å². The third kappa shape index (κ3) is 4.34. The molecule has 1 atom stereocenters. The predicted molar refractivity (Wildman–Crippen MR) is 62.2 cm³/mol. The van der Waals surface area contributed by atoms with Gasteiger partial charge in [0, 0.05) is 0 Å². The molecular weight excluding hydrogens is 188 g/mol. The highest BCUT2D eigenvalue weighted by molar-refractivity contribution is 5.27. The summed E-state index contributed by atoms with van der Waals surface area (Å²) in [5.41, 5.74) is 1.26. The Balaban J connectivity index is 2.42. The number of hydrogen-bond donors (Lipinski definition) is 1. The van der Waals surface area contributed by atoms with Crippen LogP contribution in [-0.4, -0.2) is 17.8 Å². The zero-order valence-corrected chi connectivity index (χ0v) is 9.57. The van der Waals surface area contributed by atoms with E-state index in [9.17, 15) is 5.11 Å². The Kier molecular flexibility index (Phi) is 5.19. The molecule has 0 spiro atoms. The largest absolute Gasteiger partial charge is 0.494 e. The summed E-state index contributed by atoms with van der Waals surface area (Å²) in [6.45, 7) is 4.68. The lowest BCUT2D eigenvalue weighted by molar-refractivity contribution is 0.160. The molecule has 0 heterocycles. The zero-order valence-electron chi connectivity index (χ0n) is 9.57. The summed E-state index contributed by atoms with van der Waals surface area (Å²) in [4.78, 5) is 0. The Bertz CT molecular complexity index is 266. The van der Waals surface area contributed by atoms with Crippen LogP contribution in [-0.2, 0) is 6.42 Å². The number of aliphatic hydroxyl groups is 1. The zero-order chi connectivity index (χ0) is 11.1. The van der Waals surface area contributed by atoms with Crippen molar-refractivity contribution in [2.45, 2.75) is 39.2 Å². The first kappa shape index (κ1) is 12.1. The highest BCUT2D eigenvalue weighted by Crippen LogP contribution is 2.14. The predicted octanol–water partition coefficient (Wildman–Crippen LogP) is 2.79. The molecule has 1 unspecified atom stereocenters. The normalized spacial score (nSPS) is 12.5. The molecule has 1 N–H and O–H groups in total. The fourth-order valence-corrected chi connectivity index (χ4v) is 1.46. The van der Waals surface area contributed by atoms with Crippen molar-refractivity contribution in [3.8, 4) is 5.75 Å². The lowest BCUT2D eigenvalue weighted by Gasteiger charge is -2.08. The molecule has 1 rings (SSSR count). The van der Waals surface area contributed by atoms with Gasteiger partial charge >= 0.3 is 0 Å². The minimum absolute atomic E-state index is 0.170. The Morgan fingerprint density at radius 2 is 1.87 bits per heavy atom. The van der Waals surface area contributed by atoms with Crippen molar-refractivity contribution in [1.29, 1.82) is 0 Å². The van der Waals surface area contributed by atoms with Gasteiger partial charge in [-0.2, -0.15) is 0 Å². The van der Waals surface area contributed by atoms with E-state index in [-0.39, 0.29) is 6.10 Å². The van der Waals surface area contributed by atoms with Gasteiger partial charge in [0.25, 0.3) is 0 Å². The molecule has 84 valence electrons. The van der Waals surface area contributed by atoms with Crippen molar-refractivity contribution in [2.75, 3.05) is 6.61 Å². The van der Waals surface area contributed by atoms with Crippen LogP contribution >= 0.6 is 0 Å². The van der Waals surface area contributed by atoms with Gasteiger partial charge in [0.1, 0.15) is 5.75 Å². The summed E-state index contributed by atoms with van der Waals surface area (Å²) in [7, 11) is 0. The molecule has 0 aliphatic heterocycles. The topological polar surface area (TPSA) is 29.5 Å². The summed E-state index contributed by atoms with van der Waals surface area (Å²) >= 11 is 0. The molecule has 0 aromatic heterocycles. The molecule has 0 saturated carbocycles. The highest BCUT2D eigenvalue weighted by atomic mass is 16.5. The molecule has 0 amide bonds. The van der Waals surface area contributed by atoms with Crippen molar-refractivity contribution in [3.05, 3.63) is 29.8 Å². The molecule has 0 aliphatic carbocycles. The molecular formula is C13H20O2. The summed E-state index contributed by atoms with van der Waals surface area (Å²) in [5, 5.41) is 9.43. The lowest BCUT2D eigenvalue weighted by atomic mass is 10.1. The molecule has 0 radical (unpaired) electrons. The maximum absolute atomic E-state index is 9.43. The van der Waals surface area contributed by atoms with E-state index in [1.54, 1.807) is 0 Å². The molecule has 1 aromatic carbocycles. The van der Waals surface area contributed by atoms with E-state index in [1.807, 2.05) is 26.0 Å². The summed E-state index contributed by atoms with van der Waals surface area (Å²) < 4.78 is 5.36. The fourth-order valence-electron chi connectivity index (χ4n) is 1.46. The van der Waals surface area contributed by atoms with Gasteiger partial charge in [-0.1, -0.05) is 19.1 Å². The third-order valence-corrected chi connectivity index (χ3v) is 2.47. The second-order valence-electron chi connectivity index (χ2n) is 3.68. The average Bonchev–Trinajstić information content (AvgIpc) is 2.28. The molecule has 1 aromatic rings. The van der Waals surface area contributed by atoms with Crippen LogP contribution in [0.2, 0.25) is 0 Å². The number of benzene rings is 1. The van der Waals surface area contributed by atoms with Crippen LogP contribution in [0.3, 0.4) is 0 Å². The first-order valence-electron chi connectivity index (χ1n) is 5.66. The van der Waals surface area contributed by atoms with Crippen LogP contribution in [0.25, 0.3) is 0 Å². The number of hydrogen-bond acceptors (Lipinski definition) is 2. The van der Waals surface area contributed by atoms with Crippen molar-refractivity contribution in [2.24, 2.45) is 0 Å². The second kappa shape index (κ2) is 6.46. The monoisotopic (exact) mass is 208 g/mol. The standard InChI is InChI=1S/C13H20O2/c1-3-12(14)8-5-11-6-9-13(10-7-11)15-4-2/h6-7,9-10,12,14H,3-5,8H2,1-2H3. The van der Waals surface area contributed by atoms with Crippen LogP contribution in [0.5, 0.6) is 5.75 Å². The number of aryl methyl sites for hydroxylation is 1. The molecule has 0 aliphatic rings. The Hall–Kier alpha value is -1.02. The first-order chi connectivity index (χ1) is 7.26. The van der Waals surface area contributed by atoms with E-state index in [4.69, 9.17) is 4.74 Å². The summed E-state index contributed by atoms with van der Waals surface area (Å²) in [6, 6.07) is 8.09. The lowest BCUT2D eigenvalue weighted by Crippen LogP contribution is -2.05.